The monoisotopic (exact) mass is 416 g/mol. The second-order valence-electron chi connectivity index (χ2n) is 7.31. The number of fused-ring (bicyclic) bond motifs is 1. The predicted octanol–water partition coefficient (Wildman–Crippen LogP) is 2.37. The van der Waals surface area contributed by atoms with Gasteiger partial charge in [0.05, 0.1) is 19.5 Å². The summed E-state index contributed by atoms with van der Waals surface area (Å²) < 4.78 is 13.5. The molecular weight excluding hydrogens is 388 g/mol. The maximum absolute atomic E-state index is 12.6. The summed E-state index contributed by atoms with van der Waals surface area (Å²) in [5, 5.41) is 9.93. The number of hydrogen-bond donors (Lipinski definition) is 2. The summed E-state index contributed by atoms with van der Waals surface area (Å²) in [7, 11) is 0. The Morgan fingerprint density at radius 1 is 1.27 bits per heavy atom. The Hall–Kier alpha value is -3.23. The van der Waals surface area contributed by atoms with Gasteiger partial charge in [-0.25, -0.2) is 9.78 Å². The van der Waals surface area contributed by atoms with Gasteiger partial charge in [-0.05, 0) is 36.5 Å². The molecule has 0 spiro atoms. The van der Waals surface area contributed by atoms with Gasteiger partial charge < -0.3 is 29.4 Å². The van der Waals surface area contributed by atoms with Gasteiger partial charge in [-0.3, -0.25) is 4.79 Å². The number of rotatable bonds is 4. The lowest BCUT2D eigenvalue weighted by Crippen LogP contribution is -2.46. The molecule has 2 aromatic rings. The van der Waals surface area contributed by atoms with E-state index in [4.69, 9.17) is 19.4 Å². The van der Waals surface area contributed by atoms with Crippen molar-refractivity contribution < 1.29 is 24.2 Å². The van der Waals surface area contributed by atoms with E-state index in [-0.39, 0.29) is 12.5 Å². The SMILES string of the molecule is O=C(NCc1ccc2c(c1)OCCCO2)N1CCCC(Cn2ccnc2)C1.O=CO. The van der Waals surface area contributed by atoms with Crippen LogP contribution in [0, 0.1) is 5.92 Å². The Kier molecular flexibility index (Phi) is 7.94. The molecule has 1 aromatic heterocycles. The zero-order valence-electron chi connectivity index (χ0n) is 16.9. The van der Waals surface area contributed by atoms with E-state index in [1.807, 2.05) is 35.6 Å². The second-order valence-corrected chi connectivity index (χ2v) is 7.31. The largest absolute Gasteiger partial charge is 0.490 e. The number of amides is 2. The number of hydrogen-bond acceptors (Lipinski definition) is 5. The summed E-state index contributed by atoms with van der Waals surface area (Å²) in [5.41, 5.74) is 1.01. The van der Waals surface area contributed by atoms with E-state index in [0.717, 1.165) is 56.0 Å². The number of piperidine rings is 1. The van der Waals surface area contributed by atoms with Gasteiger partial charge in [0.1, 0.15) is 0 Å². The van der Waals surface area contributed by atoms with Crippen molar-refractivity contribution in [3.05, 3.63) is 42.5 Å². The Balaban J connectivity index is 0.000000806. The van der Waals surface area contributed by atoms with Crippen molar-refractivity contribution in [3.8, 4) is 11.5 Å². The first kappa shape index (κ1) is 21.5. The number of nitrogens with zero attached hydrogens (tertiary/aromatic N) is 3. The van der Waals surface area contributed by atoms with Gasteiger partial charge in [-0.1, -0.05) is 6.07 Å². The molecule has 162 valence electrons. The van der Waals surface area contributed by atoms with Crippen molar-refractivity contribution in [2.24, 2.45) is 5.92 Å². The molecule has 9 heteroatoms. The van der Waals surface area contributed by atoms with E-state index in [9.17, 15) is 4.79 Å². The fourth-order valence-corrected chi connectivity index (χ4v) is 3.70. The molecule has 0 bridgehead atoms. The van der Waals surface area contributed by atoms with Crippen molar-refractivity contribution in [3.63, 3.8) is 0 Å². The van der Waals surface area contributed by atoms with Crippen LogP contribution in [-0.2, 0) is 17.9 Å². The standard InChI is InChI=1S/C20H26N4O3.CH2O2/c25-20(24-7-1-3-17(14-24)13-23-8-6-21-15-23)22-12-16-4-5-18-19(11-16)27-10-2-9-26-18;2-1-3/h4-6,8,11,15,17H,1-3,7,9-10,12-14H2,(H,22,25);1H,(H,2,3). The van der Waals surface area contributed by atoms with E-state index in [1.54, 1.807) is 6.20 Å². The van der Waals surface area contributed by atoms with Crippen LogP contribution in [0.1, 0.15) is 24.8 Å². The van der Waals surface area contributed by atoms with E-state index in [0.29, 0.717) is 25.7 Å². The number of imidazole rings is 1. The van der Waals surface area contributed by atoms with Gasteiger partial charge in [0.2, 0.25) is 0 Å². The summed E-state index contributed by atoms with van der Waals surface area (Å²) in [6, 6.07) is 5.85. The van der Waals surface area contributed by atoms with Crippen LogP contribution in [0.5, 0.6) is 11.5 Å². The van der Waals surface area contributed by atoms with Crippen molar-refractivity contribution >= 4 is 12.5 Å². The van der Waals surface area contributed by atoms with Crippen LogP contribution in [-0.4, -0.2) is 58.4 Å². The summed E-state index contributed by atoms with van der Waals surface area (Å²) in [4.78, 5) is 27.0. The van der Waals surface area contributed by atoms with Crippen LogP contribution in [0.15, 0.2) is 36.9 Å². The molecule has 1 saturated heterocycles. The highest BCUT2D eigenvalue weighted by atomic mass is 16.5. The first-order chi connectivity index (χ1) is 14.7. The van der Waals surface area contributed by atoms with E-state index in [1.165, 1.54) is 0 Å². The third-order valence-electron chi connectivity index (χ3n) is 5.09. The summed E-state index contributed by atoms with van der Waals surface area (Å²) in [6.07, 6.45) is 8.67. The molecule has 0 radical (unpaired) electrons. The molecule has 0 aliphatic carbocycles. The number of likely N-dealkylation sites (tertiary alicyclic amines) is 1. The molecule has 3 heterocycles. The van der Waals surface area contributed by atoms with Gasteiger partial charge in [-0.2, -0.15) is 0 Å². The molecule has 2 N–H and O–H groups in total. The second kappa shape index (κ2) is 11.1. The number of benzene rings is 1. The molecule has 2 aliphatic heterocycles. The first-order valence-corrected chi connectivity index (χ1v) is 10.1. The highest BCUT2D eigenvalue weighted by molar-refractivity contribution is 5.74. The van der Waals surface area contributed by atoms with Crippen molar-refractivity contribution in [2.75, 3.05) is 26.3 Å². The van der Waals surface area contributed by atoms with Gasteiger partial charge in [-0.15, -0.1) is 0 Å². The molecule has 2 aliphatic rings. The van der Waals surface area contributed by atoms with Gasteiger partial charge >= 0.3 is 6.03 Å². The number of nitrogens with one attached hydrogen (secondary N) is 1. The maximum Gasteiger partial charge on any atom is 0.317 e. The zero-order chi connectivity index (χ0) is 21.2. The minimum Gasteiger partial charge on any atom is -0.490 e. The summed E-state index contributed by atoms with van der Waals surface area (Å²) in [6.45, 7) is 4.08. The van der Waals surface area contributed by atoms with Crippen LogP contribution >= 0.6 is 0 Å². The lowest BCUT2D eigenvalue weighted by atomic mass is 9.98. The minimum absolute atomic E-state index is 0.00237. The zero-order valence-corrected chi connectivity index (χ0v) is 16.9. The maximum atomic E-state index is 12.6. The minimum atomic E-state index is -0.250. The van der Waals surface area contributed by atoms with E-state index < -0.39 is 0 Å². The van der Waals surface area contributed by atoms with Gasteiger partial charge in [0, 0.05) is 45.0 Å². The van der Waals surface area contributed by atoms with Crippen LogP contribution in [0.25, 0.3) is 0 Å². The normalized spacial score (nSPS) is 17.9. The van der Waals surface area contributed by atoms with Gasteiger partial charge in [0.25, 0.3) is 6.47 Å². The van der Waals surface area contributed by atoms with Crippen molar-refractivity contribution in [1.29, 1.82) is 0 Å². The van der Waals surface area contributed by atoms with E-state index >= 15 is 0 Å². The lowest BCUT2D eigenvalue weighted by Gasteiger charge is -2.33. The Bertz CT molecular complexity index is 812. The van der Waals surface area contributed by atoms with Crippen molar-refractivity contribution in [1.82, 2.24) is 19.8 Å². The third-order valence-corrected chi connectivity index (χ3v) is 5.09. The quantitative estimate of drug-likeness (QED) is 0.742. The molecule has 4 rings (SSSR count). The molecule has 9 nitrogen and oxygen atoms in total. The van der Waals surface area contributed by atoms with Crippen LogP contribution in [0.3, 0.4) is 0 Å². The Labute approximate surface area is 175 Å². The first-order valence-electron chi connectivity index (χ1n) is 10.1. The average molecular weight is 416 g/mol. The van der Waals surface area contributed by atoms with Crippen molar-refractivity contribution in [2.45, 2.75) is 32.4 Å². The average Bonchev–Trinajstić information content (AvgIpc) is 3.15. The summed E-state index contributed by atoms with van der Waals surface area (Å²) >= 11 is 0. The Morgan fingerprint density at radius 2 is 2.07 bits per heavy atom. The molecular formula is C21H28N4O5. The van der Waals surface area contributed by atoms with Gasteiger partial charge in [0.15, 0.2) is 11.5 Å². The smallest absolute Gasteiger partial charge is 0.317 e. The van der Waals surface area contributed by atoms with Crippen LogP contribution in [0.4, 0.5) is 4.79 Å². The van der Waals surface area contributed by atoms with E-state index in [2.05, 4.69) is 14.9 Å². The molecule has 2 amide bonds. The number of urea groups is 1. The topological polar surface area (TPSA) is 106 Å². The highest BCUT2D eigenvalue weighted by Gasteiger charge is 2.23. The van der Waals surface area contributed by atoms with Crippen LogP contribution in [0.2, 0.25) is 0 Å². The summed E-state index contributed by atoms with van der Waals surface area (Å²) in [5.74, 6) is 2.01. The molecule has 1 aromatic carbocycles. The highest BCUT2D eigenvalue weighted by Crippen LogP contribution is 2.30. The molecule has 1 unspecified atom stereocenters. The third kappa shape index (κ3) is 6.13. The molecule has 30 heavy (non-hydrogen) atoms. The number of carbonyl (C=O) groups is 2. The molecule has 0 saturated carbocycles. The lowest BCUT2D eigenvalue weighted by molar-refractivity contribution is -0.122. The number of carbonyl (C=O) groups excluding carboxylic acids is 1. The number of aromatic nitrogens is 2. The van der Waals surface area contributed by atoms with Crippen LogP contribution < -0.4 is 14.8 Å². The predicted molar refractivity (Wildman–Crippen MR) is 110 cm³/mol. The fourth-order valence-electron chi connectivity index (χ4n) is 3.70. The fraction of sp³-hybridized carbons (Fsp3) is 0.476. The number of carboxylic acid groups (broad SMARTS) is 1. The number of ether oxygens (including phenoxy) is 2. The Morgan fingerprint density at radius 3 is 2.83 bits per heavy atom. The molecule has 1 atom stereocenters. The molecule has 1 fully saturated rings.